The van der Waals surface area contributed by atoms with Crippen molar-refractivity contribution in [3.63, 3.8) is 0 Å². The molecule has 2 fully saturated rings. The Morgan fingerprint density at radius 3 is 2.67 bits per heavy atom. The van der Waals surface area contributed by atoms with Gasteiger partial charge in [0.25, 0.3) is 5.91 Å². The van der Waals surface area contributed by atoms with Crippen LogP contribution in [0, 0.1) is 12.7 Å². The molecular weight excluding hydrogens is 487 g/mol. The standard InChI is InChI=1S/C24H28ClFN8O2/c1-14-10-20(32-31-14)28-19-11-21(34-12-16(13-34)36-2)30-24(29-19)27-15-6-8-33(9-7-15)23(35)17-4-3-5-18(25)22(17)26/h3-5,10-11,15-16H,6-9,12-13H2,1-2H3,(H3,27,28,29,30,31,32). The van der Waals surface area contributed by atoms with Crippen molar-refractivity contribution in [2.24, 2.45) is 0 Å². The summed E-state index contributed by atoms with van der Waals surface area (Å²) < 4.78 is 19.7. The summed E-state index contributed by atoms with van der Waals surface area (Å²) in [5.74, 6) is 1.55. The minimum Gasteiger partial charge on any atom is -0.378 e. The van der Waals surface area contributed by atoms with Crippen molar-refractivity contribution >= 4 is 40.9 Å². The van der Waals surface area contributed by atoms with E-state index < -0.39 is 5.82 Å². The summed E-state index contributed by atoms with van der Waals surface area (Å²) in [6, 6.07) is 8.34. The van der Waals surface area contributed by atoms with Gasteiger partial charge in [0.2, 0.25) is 5.95 Å². The summed E-state index contributed by atoms with van der Waals surface area (Å²) in [7, 11) is 1.71. The van der Waals surface area contributed by atoms with Crippen molar-refractivity contribution in [3.8, 4) is 0 Å². The van der Waals surface area contributed by atoms with Crippen LogP contribution in [0.3, 0.4) is 0 Å². The highest BCUT2D eigenvalue weighted by Gasteiger charge is 2.29. The van der Waals surface area contributed by atoms with Crippen molar-refractivity contribution in [1.82, 2.24) is 25.1 Å². The fraction of sp³-hybridized carbons (Fsp3) is 0.417. The molecule has 1 amide bonds. The average molecular weight is 515 g/mol. The number of nitrogens with zero attached hydrogens (tertiary/aromatic N) is 5. The van der Waals surface area contributed by atoms with Gasteiger partial charge in [0.1, 0.15) is 11.6 Å². The van der Waals surface area contributed by atoms with Crippen LogP contribution in [0.15, 0.2) is 30.3 Å². The van der Waals surface area contributed by atoms with Crippen LogP contribution in [0.25, 0.3) is 0 Å². The quantitative estimate of drug-likeness (QED) is 0.438. The Morgan fingerprint density at radius 1 is 1.19 bits per heavy atom. The van der Waals surface area contributed by atoms with Gasteiger partial charge in [0.15, 0.2) is 11.6 Å². The smallest absolute Gasteiger partial charge is 0.256 e. The monoisotopic (exact) mass is 514 g/mol. The van der Waals surface area contributed by atoms with Crippen LogP contribution in [0.5, 0.6) is 0 Å². The highest BCUT2D eigenvalue weighted by Crippen LogP contribution is 2.27. The predicted molar refractivity (Wildman–Crippen MR) is 136 cm³/mol. The fourth-order valence-electron chi connectivity index (χ4n) is 4.36. The molecule has 2 aliphatic heterocycles. The Hall–Kier alpha value is -3.44. The maximum Gasteiger partial charge on any atom is 0.256 e. The molecule has 4 heterocycles. The summed E-state index contributed by atoms with van der Waals surface area (Å²) in [5.41, 5.74) is 0.938. The topological polar surface area (TPSA) is 111 Å². The molecule has 0 saturated carbocycles. The maximum absolute atomic E-state index is 14.3. The van der Waals surface area contributed by atoms with E-state index >= 15 is 0 Å². The molecule has 0 spiro atoms. The number of ether oxygens (including phenoxy) is 1. The zero-order chi connectivity index (χ0) is 25.2. The van der Waals surface area contributed by atoms with Crippen molar-refractivity contribution in [3.05, 3.63) is 52.4 Å². The molecule has 2 saturated heterocycles. The van der Waals surface area contributed by atoms with Crippen molar-refractivity contribution < 1.29 is 13.9 Å². The first-order valence-electron chi connectivity index (χ1n) is 11.9. The van der Waals surface area contributed by atoms with Crippen molar-refractivity contribution in [2.45, 2.75) is 31.9 Å². The number of likely N-dealkylation sites (tertiary alicyclic amines) is 1. The van der Waals surface area contributed by atoms with Gasteiger partial charge in [-0.1, -0.05) is 17.7 Å². The number of methoxy groups -OCH3 is 1. The largest absolute Gasteiger partial charge is 0.378 e. The van der Waals surface area contributed by atoms with Crippen LogP contribution in [0.1, 0.15) is 28.9 Å². The molecule has 1 aromatic carbocycles. The van der Waals surface area contributed by atoms with Gasteiger partial charge in [-0.15, -0.1) is 0 Å². The van der Waals surface area contributed by atoms with Gasteiger partial charge in [0.05, 0.1) is 16.7 Å². The number of benzene rings is 1. The number of rotatable bonds is 7. The van der Waals surface area contributed by atoms with E-state index in [2.05, 4.69) is 30.7 Å². The van der Waals surface area contributed by atoms with Gasteiger partial charge < -0.3 is 25.2 Å². The first-order chi connectivity index (χ1) is 17.4. The molecule has 0 unspecified atom stereocenters. The molecule has 36 heavy (non-hydrogen) atoms. The number of anilines is 4. The number of H-pyrrole nitrogens is 1. The Labute approximate surface area is 213 Å². The van der Waals surface area contributed by atoms with Crippen LogP contribution in [-0.4, -0.2) is 76.4 Å². The van der Waals surface area contributed by atoms with E-state index in [1.807, 2.05) is 19.1 Å². The summed E-state index contributed by atoms with van der Waals surface area (Å²) >= 11 is 5.85. The first-order valence-corrected chi connectivity index (χ1v) is 12.2. The molecule has 0 radical (unpaired) electrons. The van der Waals surface area contributed by atoms with Gasteiger partial charge in [-0.3, -0.25) is 9.89 Å². The van der Waals surface area contributed by atoms with E-state index in [1.54, 1.807) is 18.1 Å². The van der Waals surface area contributed by atoms with E-state index in [0.717, 1.165) is 24.6 Å². The number of halogens is 2. The molecule has 190 valence electrons. The molecule has 2 aliphatic rings. The number of aromatic amines is 1. The van der Waals surface area contributed by atoms with Crippen molar-refractivity contribution in [1.29, 1.82) is 0 Å². The second kappa shape index (κ2) is 10.3. The van der Waals surface area contributed by atoms with Gasteiger partial charge in [-0.05, 0) is 31.9 Å². The predicted octanol–water partition coefficient (Wildman–Crippen LogP) is 3.60. The van der Waals surface area contributed by atoms with Gasteiger partial charge in [-0.2, -0.15) is 15.1 Å². The highest BCUT2D eigenvalue weighted by molar-refractivity contribution is 6.31. The number of aromatic nitrogens is 4. The lowest BCUT2D eigenvalue weighted by Crippen LogP contribution is -2.52. The number of piperidine rings is 1. The van der Waals surface area contributed by atoms with E-state index in [-0.39, 0.29) is 28.6 Å². The van der Waals surface area contributed by atoms with E-state index in [0.29, 0.717) is 43.5 Å². The molecule has 3 N–H and O–H groups in total. The zero-order valence-electron chi connectivity index (χ0n) is 20.1. The lowest BCUT2D eigenvalue weighted by atomic mass is 10.0. The second-order valence-electron chi connectivity index (χ2n) is 9.07. The summed E-state index contributed by atoms with van der Waals surface area (Å²) in [6.07, 6.45) is 1.55. The molecule has 2 aromatic heterocycles. The molecule has 3 aromatic rings. The number of nitrogens with one attached hydrogen (secondary N) is 3. The van der Waals surface area contributed by atoms with Gasteiger partial charge in [-0.25, -0.2) is 4.39 Å². The minimum absolute atomic E-state index is 0.00169. The summed E-state index contributed by atoms with van der Waals surface area (Å²) in [6.45, 7) is 4.42. The molecule has 0 atom stereocenters. The summed E-state index contributed by atoms with van der Waals surface area (Å²) in [4.78, 5) is 26.0. The lowest BCUT2D eigenvalue weighted by Gasteiger charge is -2.39. The number of hydrogen-bond donors (Lipinski definition) is 3. The molecule has 0 aliphatic carbocycles. The van der Waals surface area contributed by atoms with Crippen molar-refractivity contribution in [2.75, 3.05) is 48.8 Å². The third-order valence-electron chi connectivity index (χ3n) is 6.48. The van der Waals surface area contributed by atoms with Crippen LogP contribution in [0.2, 0.25) is 5.02 Å². The average Bonchev–Trinajstić information content (AvgIpc) is 3.24. The first kappa shape index (κ1) is 24.3. The third kappa shape index (κ3) is 5.21. The number of amides is 1. The highest BCUT2D eigenvalue weighted by atomic mass is 35.5. The SMILES string of the molecule is COC1CN(c2cc(Nc3cc(C)[nH]n3)nc(NC3CCN(C(=O)c4cccc(Cl)c4F)CC3)n2)C1. The van der Waals surface area contributed by atoms with Gasteiger partial charge >= 0.3 is 0 Å². The molecule has 5 rings (SSSR count). The van der Waals surface area contributed by atoms with E-state index in [1.165, 1.54) is 12.1 Å². The Morgan fingerprint density at radius 2 is 1.97 bits per heavy atom. The van der Waals surface area contributed by atoms with Crippen LogP contribution in [-0.2, 0) is 4.74 Å². The minimum atomic E-state index is -0.677. The number of aryl methyl sites for hydroxylation is 1. The number of hydrogen-bond acceptors (Lipinski definition) is 8. The fourth-order valence-corrected chi connectivity index (χ4v) is 4.54. The number of carbonyl (C=O) groups excluding carboxylic acids is 1. The Bertz CT molecular complexity index is 1240. The third-order valence-corrected chi connectivity index (χ3v) is 6.77. The molecular formula is C24H28ClFN8O2. The molecule has 10 nitrogen and oxygen atoms in total. The zero-order valence-corrected chi connectivity index (χ0v) is 20.8. The van der Waals surface area contributed by atoms with Crippen LogP contribution in [0.4, 0.5) is 27.8 Å². The second-order valence-corrected chi connectivity index (χ2v) is 9.48. The van der Waals surface area contributed by atoms with Crippen LogP contribution < -0.4 is 15.5 Å². The summed E-state index contributed by atoms with van der Waals surface area (Å²) in [5, 5.41) is 13.7. The molecule has 0 bridgehead atoms. The van der Waals surface area contributed by atoms with Gasteiger partial charge in [0, 0.05) is 57.2 Å². The molecule has 12 heteroatoms. The Kier molecular flexibility index (Phi) is 6.92. The number of carbonyl (C=O) groups is 1. The maximum atomic E-state index is 14.3. The Balaban J connectivity index is 1.26. The normalized spacial score (nSPS) is 16.7. The van der Waals surface area contributed by atoms with E-state index in [9.17, 15) is 9.18 Å². The lowest BCUT2D eigenvalue weighted by molar-refractivity contribution is 0.0713. The van der Waals surface area contributed by atoms with E-state index in [4.69, 9.17) is 21.3 Å². The van der Waals surface area contributed by atoms with Crippen LogP contribution >= 0.6 is 11.6 Å².